The fourth-order valence-electron chi connectivity index (χ4n) is 1.76. The topological polar surface area (TPSA) is 53.1 Å². The Balaban J connectivity index is 2.58. The second-order valence-corrected chi connectivity index (χ2v) is 4.13. The van der Waals surface area contributed by atoms with Crippen LogP contribution in [0.25, 0.3) is 11.3 Å². The van der Waals surface area contributed by atoms with Gasteiger partial charge in [0.1, 0.15) is 5.75 Å². The number of aromatic nitrogens is 2. The molecule has 0 aliphatic rings. The molecule has 5 heteroatoms. The van der Waals surface area contributed by atoms with Crippen LogP contribution in [-0.2, 0) is 13.6 Å². The van der Waals surface area contributed by atoms with E-state index < -0.39 is 0 Å². The third-order valence-electron chi connectivity index (χ3n) is 2.58. The van der Waals surface area contributed by atoms with Crippen molar-refractivity contribution in [2.24, 2.45) is 12.8 Å². The first-order chi connectivity index (χ1) is 8.15. The molecule has 90 valence electrons. The van der Waals surface area contributed by atoms with Gasteiger partial charge in [-0.15, -0.1) is 0 Å². The fraction of sp³-hybridized carbons (Fsp3) is 0.250. The molecule has 17 heavy (non-hydrogen) atoms. The maximum atomic E-state index is 6.01. The van der Waals surface area contributed by atoms with Crippen molar-refractivity contribution in [2.45, 2.75) is 6.54 Å². The highest BCUT2D eigenvalue weighted by molar-refractivity contribution is 6.30. The van der Waals surface area contributed by atoms with Crippen molar-refractivity contribution in [2.75, 3.05) is 7.11 Å². The summed E-state index contributed by atoms with van der Waals surface area (Å²) in [6.45, 7) is 0.413. The average Bonchev–Trinajstić information content (AvgIpc) is 2.70. The molecular formula is C12H14ClN3O. The number of methoxy groups -OCH3 is 1. The minimum absolute atomic E-state index is 0.413. The number of nitrogens with zero attached hydrogens (tertiary/aromatic N) is 2. The van der Waals surface area contributed by atoms with Crippen LogP contribution in [0.2, 0.25) is 5.02 Å². The molecule has 1 aromatic carbocycles. The van der Waals surface area contributed by atoms with E-state index in [2.05, 4.69) is 5.10 Å². The quantitative estimate of drug-likeness (QED) is 0.910. The van der Waals surface area contributed by atoms with Crippen LogP contribution in [0.3, 0.4) is 0 Å². The van der Waals surface area contributed by atoms with Crippen LogP contribution < -0.4 is 10.5 Å². The molecule has 0 saturated carbocycles. The van der Waals surface area contributed by atoms with Gasteiger partial charge in [-0.3, -0.25) is 4.68 Å². The predicted octanol–water partition coefficient (Wildman–Crippen LogP) is 2.21. The van der Waals surface area contributed by atoms with Gasteiger partial charge in [-0.25, -0.2) is 0 Å². The van der Waals surface area contributed by atoms with Gasteiger partial charge in [-0.2, -0.15) is 5.10 Å². The van der Waals surface area contributed by atoms with Crippen molar-refractivity contribution in [3.05, 3.63) is 35.0 Å². The zero-order valence-electron chi connectivity index (χ0n) is 9.77. The lowest BCUT2D eigenvalue weighted by Crippen LogP contribution is -1.99. The van der Waals surface area contributed by atoms with E-state index in [0.29, 0.717) is 11.6 Å². The second-order valence-electron chi connectivity index (χ2n) is 3.69. The molecule has 0 atom stereocenters. The van der Waals surface area contributed by atoms with Gasteiger partial charge >= 0.3 is 0 Å². The van der Waals surface area contributed by atoms with Gasteiger partial charge in [0.25, 0.3) is 0 Å². The monoisotopic (exact) mass is 251 g/mol. The maximum Gasteiger partial charge on any atom is 0.128 e. The van der Waals surface area contributed by atoms with Crippen LogP contribution >= 0.6 is 11.6 Å². The van der Waals surface area contributed by atoms with Gasteiger partial charge in [0, 0.05) is 24.2 Å². The number of hydrogen-bond acceptors (Lipinski definition) is 3. The lowest BCUT2D eigenvalue weighted by Gasteiger charge is -2.08. The van der Waals surface area contributed by atoms with Gasteiger partial charge < -0.3 is 10.5 Å². The number of hydrogen-bond donors (Lipinski definition) is 1. The van der Waals surface area contributed by atoms with Crippen molar-refractivity contribution < 1.29 is 4.74 Å². The Hall–Kier alpha value is -1.52. The zero-order valence-corrected chi connectivity index (χ0v) is 10.5. The van der Waals surface area contributed by atoms with Crippen LogP contribution in [0.5, 0.6) is 5.75 Å². The van der Waals surface area contributed by atoms with E-state index in [1.54, 1.807) is 17.9 Å². The van der Waals surface area contributed by atoms with Crippen LogP contribution in [0, 0.1) is 0 Å². The Kier molecular flexibility index (Phi) is 3.36. The van der Waals surface area contributed by atoms with E-state index in [4.69, 9.17) is 22.1 Å². The lowest BCUT2D eigenvalue weighted by atomic mass is 10.1. The van der Waals surface area contributed by atoms with Crippen molar-refractivity contribution in [3.63, 3.8) is 0 Å². The average molecular weight is 252 g/mol. The van der Waals surface area contributed by atoms with E-state index in [0.717, 1.165) is 22.7 Å². The molecule has 0 bridgehead atoms. The summed E-state index contributed by atoms with van der Waals surface area (Å²) in [6.07, 6.45) is 0. The molecule has 0 spiro atoms. The Morgan fingerprint density at radius 2 is 2.18 bits per heavy atom. The number of benzene rings is 1. The summed E-state index contributed by atoms with van der Waals surface area (Å²) in [4.78, 5) is 0. The SMILES string of the molecule is COc1ccc(Cl)cc1-c1cc(CN)nn1C. The van der Waals surface area contributed by atoms with Crippen LogP contribution in [0.15, 0.2) is 24.3 Å². The summed E-state index contributed by atoms with van der Waals surface area (Å²) in [5.74, 6) is 0.765. The van der Waals surface area contributed by atoms with Crippen molar-refractivity contribution in [1.82, 2.24) is 9.78 Å². The fourth-order valence-corrected chi connectivity index (χ4v) is 1.93. The van der Waals surface area contributed by atoms with Crippen molar-refractivity contribution >= 4 is 11.6 Å². The summed E-state index contributed by atoms with van der Waals surface area (Å²) < 4.78 is 7.10. The molecule has 0 amide bonds. The van der Waals surface area contributed by atoms with Crippen molar-refractivity contribution in [3.8, 4) is 17.0 Å². The molecule has 1 heterocycles. The van der Waals surface area contributed by atoms with E-state index in [-0.39, 0.29) is 0 Å². The second kappa shape index (κ2) is 4.77. The van der Waals surface area contributed by atoms with Crippen LogP contribution in [-0.4, -0.2) is 16.9 Å². The maximum absolute atomic E-state index is 6.01. The molecule has 2 aromatic rings. The summed E-state index contributed by atoms with van der Waals surface area (Å²) in [7, 11) is 3.50. The Morgan fingerprint density at radius 3 is 2.76 bits per heavy atom. The minimum atomic E-state index is 0.413. The summed E-state index contributed by atoms with van der Waals surface area (Å²) in [6, 6.07) is 7.43. The first kappa shape index (κ1) is 12.0. The Bertz CT molecular complexity index is 537. The van der Waals surface area contributed by atoms with Crippen LogP contribution in [0.4, 0.5) is 0 Å². The lowest BCUT2D eigenvalue weighted by molar-refractivity contribution is 0.416. The Labute approximate surface area is 105 Å². The molecule has 0 aliphatic carbocycles. The smallest absolute Gasteiger partial charge is 0.128 e. The van der Waals surface area contributed by atoms with E-state index in [9.17, 15) is 0 Å². The van der Waals surface area contributed by atoms with Gasteiger partial charge in [-0.1, -0.05) is 11.6 Å². The molecule has 0 aliphatic heterocycles. The largest absolute Gasteiger partial charge is 0.496 e. The summed E-state index contributed by atoms with van der Waals surface area (Å²) >= 11 is 6.01. The third-order valence-corrected chi connectivity index (χ3v) is 2.81. The summed E-state index contributed by atoms with van der Waals surface area (Å²) in [5, 5.41) is 4.97. The summed E-state index contributed by atoms with van der Waals surface area (Å²) in [5.41, 5.74) is 8.26. The molecular weight excluding hydrogens is 238 g/mol. The first-order valence-corrected chi connectivity index (χ1v) is 5.60. The number of rotatable bonds is 3. The molecule has 1 aromatic heterocycles. The molecule has 4 nitrogen and oxygen atoms in total. The highest BCUT2D eigenvalue weighted by Gasteiger charge is 2.12. The van der Waals surface area contributed by atoms with Gasteiger partial charge in [-0.05, 0) is 24.3 Å². The third kappa shape index (κ3) is 2.28. The Morgan fingerprint density at radius 1 is 1.41 bits per heavy atom. The first-order valence-electron chi connectivity index (χ1n) is 5.22. The van der Waals surface area contributed by atoms with Gasteiger partial charge in [0.05, 0.1) is 18.5 Å². The van der Waals surface area contributed by atoms with E-state index in [1.165, 1.54) is 0 Å². The molecule has 2 rings (SSSR count). The molecule has 0 saturated heterocycles. The van der Waals surface area contributed by atoms with Gasteiger partial charge in [0.2, 0.25) is 0 Å². The highest BCUT2D eigenvalue weighted by atomic mass is 35.5. The minimum Gasteiger partial charge on any atom is -0.496 e. The number of ether oxygens (including phenoxy) is 1. The predicted molar refractivity (Wildman–Crippen MR) is 68.1 cm³/mol. The number of nitrogens with two attached hydrogens (primary N) is 1. The van der Waals surface area contributed by atoms with E-state index in [1.807, 2.05) is 25.2 Å². The van der Waals surface area contributed by atoms with Gasteiger partial charge in [0.15, 0.2) is 0 Å². The molecule has 2 N–H and O–H groups in total. The molecule has 0 radical (unpaired) electrons. The van der Waals surface area contributed by atoms with Crippen molar-refractivity contribution in [1.29, 1.82) is 0 Å². The van der Waals surface area contributed by atoms with E-state index >= 15 is 0 Å². The number of aryl methyl sites for hydroxylation is 1. The molecule has 0 fully saturated rings. The van der Waals surface area contributed by atoms with Crippen LogP contribution in [0.1, 0.15) is 5.69 Å². The number of halogens is 1. The normalized spacial score (nSPS) is 10.6. The zero-order chi connectivity index (χ0) is 12.4. The highest BCUT2D eigenvalue weighted by Crippen LogP contribution is 2.32. The molecule has 0 unspecified atom stereocenters. The standard InChI is InChI=1S/C12H14ClN3O/c1-16-11(6-9(7-14)15-16)10-5-8(13)3-4-12(10)17-2/h3-6H,7,14H2,1-2H3.